The lowest BCUT2D eigenvalue weighted by Crippen LogP contribution is -2.01. The third-order valence-corrected chi connectivity index (χ3v) is 11.3. The molecule has 64 heavy (non-hydrogen) atoms. The van der Waals surface area contributed by atoms with E-state index in [9.17, 15) is 0 Å². The van der Waals surface area contributed by atoms with E-state index in [1.54, 1.807) is 0 Å². The lowest BCUT2D eigenvalue weighted by atomic mass is 9.88. The van der Waals surface area contributed by atoms with Crippen LogP contribution in [0.1, 0.15) is 0 Å². The van der Waals surface area contributed by atoms with Crippen molar-refractivity contribution >= 4 is 10.8 Å². The van der Waals surface area contributed by atoms with Crippen molar-refractivity contribution in [3.8, 4) is 102 Å². The van der Waals surface area contributed by atoms with Gasteiger partial charge in [-0.05, 0) is 62.4 Å². The topological polar surface area (TPSA) is 90.2 Å². The van der Waals surface area contributed by atoms with Gasteiger partial charge in [-0.3, -0.25) is 4.98 Å². The number of hydrogen-bond acceptors (Lipinski definition) is 7. The Morgan fingerprint density at radius 2 is 0.641 bits per heavy atom. The first-order valence-corrected chi connectivity index (χ1v) is 21.1. The van der Waals surface area contributed by atoms with Crippen molar-refractivity contribution < 1.29 is 0 Å². The smallest absolute Gasteiger partial charge is 0.164 e. The van der Waals surface area contributed by atoms with E-state index in [1.807, 2.05) is 122 Å². The van der Waals surface area contributed by atoms with Gasteiger partial charge in [0.1, 0.15) is 0 Å². The van der Waals surface area contributed by atoms with Crippen molar-refractivity contribution in [1.82, 2.24) is 34.9 Å². The van der Waals surface area contributed by atoms with E-state index < -0.39 is 0 Å². The molecule has 0 aliphatic rings. The fourth-order valence-corrected chi connectivity index (χ4v) is 8.15. The van der Waals surface area contributed by atoms with Crippen molar-refractivity contribution in [2.24, 2.45) is 0 Å². The summed E-state index contributed by atoms with van der Waals surface area (Å²) in [6.07, 6.45) is 3.65. The van der Waals surface area contributed by atoms with E-state index in [4.69, 9.17) is 29.9 Å². The van der Waals surface area contributed by atoms with Crippen LogP contribution in [0, 0.1) is 0 Å². The highest BCUT2D eigenvalue weighted by molar-refractivity contribution is 5.96. The van der Waals surface area contributed by atoms with Crippen LogP contribution >= 0.6 is 0 Å². The van der Waals surface area contributed by atoms with E-state index in [2.05, 4.69) is 108 Å². The molecule has 7 nitrogen and oxygen atoms in total. The van der Waals surface area contributed by atoms with Crippen LogP contribution in [0.25, 0.3) is 112 Å². The molecule has 300 valence electrons. The molecule has 0 radical (unpaired) electrons. The number of aromatic nitrogens is 7. The summed E-state index contributed by atoms with van der Waals surface area (Å²) < 4.78 is 0. The van der Waals surface area contributed by atoms with E-state index in [0.717, 1.165) is 77.5 Å². The number of pyridine rings is 1. The summed E-state index contributed by atoms with van der Waals surface area (Å²) in [6.45, 7) is 0. The predicted octanol–water partition coefficient (Wildman–Crippen LogP) is 13.6. The number of nitrogens with zero attached hydrogens (tertiary/aromatic N) is 7. The predicted molar refractivity (Wildman–Crippen MR) is 257 cm³/mol. The lowest BCUT2D eigenvalue weighted by molar-refractivity contribution is 1.07. The second-order valence-corrected chi connectivity index (χ2v) is 15.4. The van der Waals surface area contributed by atoms with Gasteiger partial charge in [0.2, 0.25) is 0 Å². The van der Waals surface area contributed by atoms with Crippen molar-refractivity contribution in [3.63, 3.8) is 0 Å². The van der Waals surface area contributed by atoms with Crippen molar-refractivity contribution in [2.75, 3.05) is 0 Å². The number of hydrogen-bond donors (Lipinski definition) is 0. The Hall–Kier alpha value is -8.81. The summed E-state index contributed by atoms with van der Waals surface area (Å²) in [7, 11) is 0. The zero-order valence-corrected chi connectivity index (χ0v) is 34.5. The standard InChI is InChI=1S/C57H37N7/c1-4-16-41(17-5-1)52-59-53(42-18-6-2-7-19-42)63-57(62-52)50-25-13-12-24-48(50)51-37-45(38-33-35-58-36-34-38)31-32-47(51)40-27-29-44(30-28-40)55-60-54(43-20-8-3-9-21-43)61-56(64-55)49-26-14-22-39-15-10-11-23-46(39)49/h1-37H. The van der Waals surface area contributed by atoms with Gasteiger partial charge in [0, 0.05) is 45.8 Å². The summed E-state index contributed by atoms with van der Waals surface area (Å²) in [5.41, 5.74) is 11.7. The minimum atomic E-state index is 0.588. The molecule has 0 fully saturated rings. The molecule has 11 aromatic rings. The minimum absolute atomic E-state index is 0.588. The van der Waals surface area contributed by atoms with Gasteiger partial charge in [-0.1, -0.05) is 194 Å². The van der Waals surface area contributed by atoms with Crippen LogP contribution in [0.4, 0.5) is 0 Å². The molecule has 7 heteroatoms. The fraction of sp³-hybridized carbons (Fsp3) is 0. The van der Waals surface area contributed by atoms with Crippen LogP contribution in [0.2, 0.25) is 0 Å². The van der Waals surface area contributed by atoms with E-state index in [1.165, 1.54) is 0 Å². The SMILES string of the molecule is c1ccc(-c2nc(-c3ccccc3)nc(-c3ccccc3-c3cc(-c4ccncc4)ccc3-c3ccc(-c4nc(-c5ccccc5)nc(-c5cccc6ccccc56)n4)cc3)n2)cc1. The zero-order chi connectivity index (χ0) is 42.7. The van der Waals surface area contributed by atoms with Crippen molar-refractivity contribution in [1.29, 1.82) is 0 Å². The van der Waals surface area contributed by atoms with Crippen LogP contribution in [0.3, 0.4) is 0 Å². The Morgan fingerprint density at radius 3 is 1.23 bits per heavy atom. The largest absolute Gasteiger partial charge is 0.265 e. The highest BCUT2D eigenvalue weighted by Gasteiger charge is 2.20. The molecular formula is C57H37N7. The highest BCUT2D eigenvalue weighted by Crippen LogP contribution is 2.41. The van der Waals surface area contributed by atoms with Crippen LogP contribution in [-0.2, 0) is 0 Å². The first-order valence-electron chi connectivity index (χ1n) is 21.1. The number of rotatable bonds is 9. The summed E-state index contributed by atoms with van der Waals surface area (Å²) in [4.78, 5) is 34.7. The number of fused-ring (bicyclic) bond motifs is 1. The Labute approximate surface area is 370 Å². The molecule has 0 unspecified atom stereocenters. The molecule has 0 saturated heterocycles. The Bertz CT molecular complexity index is 3350. The second kappa shape index (κ2) is 16.9. The van der Waals surface area contributed by atoms with Gasteiger partial charge in [-0.25, -0.2) is 29.9 Å². The molecule has 0 N–H and O–H groups in total. The maximum Gasteiger partial charge on any atom is 0.164 e. The van der Waals surface area contributed by atoms with Gasteiger partial charge in [-0.15, -0.1) is 0 Å². The summed E-state index contributed by atoms with van der Waals surface area (Å²) >= 11 is 0. The lowest BCUT2D eigenvalue weighted by Gasteiger charge is -2.17. The maximum atomic E-state index is 5.14. The monoisotopic (exact) mass is 819 g/mol. The molecule has 11 rings (SSSR count). The molecule has 0 amide bonds. The molecule has 0 bridgehead atoms. The Balaban J connectivity index is 1.05. The summed E-state index contributed by atoms with van der Waals surface area (Å²) in [6, 6.07) is 72.3. The quantitative estimate of drug-likeness (QED) is 0.143. The first kappa shape index (κ1) is 38.1. The van der Waals surface area contributed by atoms with Crippen LogP contribution in [0.5, 0.6) is 0 Å². The van der Waals surface area contributed by atoms with E-state index in [0.29, 0.717) is 34.9 Å². The molecule has 0 aliphatic carbocycles. The third kappa shape index (κ3) is 7.59. The average molecular weight is 820 g/mol. The van der Waals surface area contributed by atoms with E-state index in [-0.39, 0.29) is 0 Å². The van der Waals surface area contributed by atoms with Gasteiger partial charge in [0.05, 0.1) is 0 Å². The van der Waals surface area contributed by atoms with E-state index >= 15 is 0 Å². The van der Waals surface area contributed by atoms with Gasteiger partial charge in [0.25, 0.3) is 0 Å². The summed E-state index contributed by atoms with van der Waals surface area (Å²) in [5, 5.41) is 2.22. The van der Waals surface area contributed by atoms with Crippen molar-refractivity contribution in [2.45, 2.75) is 0 Å². The fourth-order valence-electron chi connectivity index (χ4n) is 8.15. The Morgan fingerprint density at radius 1 is 0.219 bits per heavy atom. The molecule has 8 aromatic carbocycles. The molecule has 3 heterocycles. The molecule has 0 saturated carbocycles. The highest BCUT2D eigenvalue weighted by atomic mass is 15.0. The van der Waals surface area contributed by atoms with Crippen LogP contribution < -0.4 is 0 Å². The summed E-state index contributed by atoms with van der Waals surface area (Å²) in [5.74, 6) is 3.65. The Kier molecular flexibility index (Phi) is 10.1. The van der Waals surface area contributed by atoms with Gasteiger partial charge < -0.3 is 0 Å². The normalized spacial score (nSPS) is 11.1. The molecule has 0 aliphatic heterocycles. The van der Waals surface area contributed by atoms with Gasteiger partial charge in [0.15, 0.2) is 34.9 Å². The van der Waals surface area contributed by atoms with Crippen LogP contribution in [-0.4, -0.2) is 34.9 Å². The first-order chi connectivity index (χ1) is 31.7. The minimum Gasteiger partial charge on any atom is -0.265 e. The second-order valence-electron chi connectivity index (χ2n) is 15.4. The number of benzene rings is 8. The molecule has 0 spiro atoms. The van der Waals surface area contributed by atoms with Crippen LogP contribution in [0.15, 0.2) is 225 Å². The van der Waals surface area contributed by atoms with Crippen molar-refractivity contribution in [3.05, 3.63) is 225 Å². The molecule has 3 aromatic heterocycles. The third-order valence-electron chi connectivity index (χ3n) is 11.3. The maximum absolute atomic E-state index is 5.14. The molecule has 0 atom stereocenters. The molecular weight excluding hydrogens is 783 g/mol. The van der Waals surface area contributed by atoms with Gasteiger partial charge >= 0.3 is 0 Å². The average Bonchev–Trinajstić information content (AvgIpc) is 3.39. The van der Waals surface area contributed by atoms with Gasteiger partial charge in [-0.2, -0.15) is 0 Å². The zero-order valence-electron chi connectivity index (χ0n) is 34.5.